The summed E-state index contributed by atoms with van der Waals surface area (Å²) in [6.45, 7) is 3.30. The molecule has 0 bridgehead atoms. The zero-order valence-electron chi connectivity index (χ0n) is 12.5. The summed E-state index contributed by atoms with van der Waals surface area (Å²) >= 11 is 5.88. The highest BCUT2D eigenvalue weighted by molar-refractivity contribution is 6.30. The molecule has 0 spiro atoms. The number of rotatable bonds is 5. The number of nitrogens with one attached hydrogen (secondary N) is 3. The first kappa shape index (κ1) is 14.9. The second-order valence-electron chi connectivity index (χ2n) is 5.60. The maximum atomic E-state index is 5.88. The van der Waals surface area contributed by atoms with Gasteiger partial charge < -0.3 is 15.8 Å². The van der Waals surface area contributed by atoms with E-state index >= 15 is 0 Å². The van der Waals surface area contributed by atoms with E-state index in [1.165, 1.54) is 11.3 Å². The van der Waals surface area contributed by atoms with Gasteiger partial charge in [-0.3, -0.25) is 0 Å². The van der Waals surface area contributed by atoms with Gasteiger partial charge in [0.1, 0.15) is 6.54 Å². The summed E-state index contributed by atoms with van der Waals surface area (Å²) < 4.78 is 0. The second kappa shape index (κ2) is 7.34. The summed E-state index contributed by atoms with van der Waals surface area (Å²) in [7, 11) is 0. The van der Waals surface area contributed by atoms with Crippen LogP contribution in [0, 0.1) is 0 Å². The Bertz CT molecular complexity index is 623. The Morgan fingerprint density at radius 1 is 0.955 bits per heavy atom. The minimum atomic E-state index is 0.752. The first-order valence-corrected chi connectivity index (χ1v) is 8.01. The van der Waals surface area contributed by atoms with Crippen LogP contribution in [-0.2, 0) is 6.54 Å². The molecule has 0 aliphatic carbocycles. The van der Waals surface area contributed by atoms with Crippen molar-refractivity contribution < 1.29 is 4.90 Å². The van der Waals surface area contributed by atoms with Gasteiger partial charge in [0.2, 0.25) is 0 Å². The van der Waals surface area contributed by atoms with Gasteiger partial charge in [0.05, 0.1) is 18.8 Å². The first-order chi connectivity index (χ1) is 10.8. The van der Waals surface area contributed by atoms with Crippen molar-refractivity contribution in [1.29, 1.82) is 0 Å². The average molecular weight is 315 g/mol. The minimum absolute atomic E-state index is 0.752. The molecule has 0 amide bonds. The van der Waals surface area contributed by atoms with Gasteiger partial charge in [0.15, 0.2) is 0 Å². The number of hydrogen-bond acceptors (Lipinski definition) is 2. The highest BCUT2D eigenvalue weighted by atomic mass is 35.5. The quantitative estimate of drug-likeness (QED) is 0.741. The maximum absolute atomic E-state index is 5.88. The normalized spacial score (nSPS) is 17.7. The van der Waals surface area contributed by atoms with Crippen molar-refractivity contribution in [3.63, 3.8) is 0 Å². The van der Waals surface area contributed by atoms with Crippen molar-refractivity contribution in [3.8, 4) is 0 Å². The van der Waals surface area contributed by atoms with Gasteiger partial charge in [-0.1, -0.05) is 41.9 Å². The van der Waals surface area contributed by atoms with E-state index in [1.807, 2.05) is 24.3 Å². The van der Waals surface area contributed by atoms with Gasteiger partial charge in [-0.25, -0.2) is 0 Å². The van der Waals surface area contributed by atoms with E-state index in [0.29, 0.717) is 0 Å². The van der Waals surface area contributed by atoms with Crippen molar-refractivity contribution in [1.82, 2.24) is 5.43 Å². The monoisotopic (exact) mass is 314 g/mol. The largest absolute Gasteiger partial charge is 0.328 e. The molecule has 4 heteroatoms. The fraction of sp³-hybridized carbons (Fsp3) is 0.222. The minimum Gasteiger partial charge on any atom is -0.328 e. The van der Waals surface area contributed by atoms with Crippen LogP contribution in [0.5, 0.6) is 0 Å². The van der Waals surface area contributed by atoms with Crippen LogP contribution in [-0.4, -0.2) is 13.1 Å². The molecule has 0 aromatic heterocycles. The van der Waals surface area contributed by atoms with Gasteiger partial charge in [-0.05, 0) is 30.3 Å². The lowest BCUT2D eigenvalue weighted by molar-refractivity contribution is -0.909. The molecule has 0 saturated carbocycles. The summed E-state index contributed by atoms with van der Waals surface area (Å²) in [6, 6.07) is 18.4. The van der Waals surface area contributed by atoms with Crippen molar-refractivity contribution >= 4 is 17.3 Å². The zero-order chi connectivity index (χ0) is 15.2. The number of quaternary nitrogens is 1. The molecule has 0 saturated heterocycles. The van der Waals surface area contributed by atoms with Gasteiger partial charge in [-0.2, -0.15) is 0 Å². The third kappa shape index (κ3) is 4.26. The predicted octanol–water partition coefficient (Wildman–Crippen LogP) is 2.63. The molecule has 3 nitrogen and oxygen atoms in total. The predicted molar refractivity (Wildman–Crippen MR) is 91.8 cm³/mol. The van der Waals surface area contributed by atoms with E-state index in [9.17, 15) is 0 Å². The fourth-order valence-electron chi connectivity index (χ4n) is 2.63. The number of benzene rings is 2. The molecule has 2 aromatic rings. The van der Waals surface area contributed by atoms with E-state index in [2.05, 4.69) is 47.3 Å². The summed E-state index contributed by atoms with van der Waals surface area (Å²) in [5, 5.41) is 0.752. The molecular weight excluding hydrogens is 294 g/mol. The molecule has 1 heterocycles. The van der Waals surface area contributed by atoms with Crippen LogP contribution in [0.4, 0.5) is 5.69 Å². The smallest absolute Gasteiger partial charge is 0.103 e. The zero-order valence-corrected chi connectivity index (χ0v) is 13.2. The fourth-order valence-corrected chi connectivity index (χ4v) is 2.75. The van der Waals surface area contributed by atoms with Gasteiger partial charge >= 0.3 is 0 Å². The third-order valence-corrected chi connectivity index (χ3v) is 4.15. The van der Waals surface area contributed by atoms with Gasteiger partial charge in [0.25, 0.3) is 0 Å². The van der Waals surface area contributed by atoms with E-state index in [4.69, 9.17) is 11.6 Å². The summed E-state index contributed by atoms with van der Waals surface area (Å²) in [5.41, 5.74) is 10.2. The van der Waals surface area contributed by atoms with E-state index < -0.39 is 0 Å². The van der Waals surface area contributed by atoms with Crippen molar-refractivity contribution in [2.45, 2.75) is 13.0 Å². The lowest BCUT2D eigenvalue weighted by Crippen LogP contribution is -3.11. The van der Waals surface area contributed by atoms with Crippen LogP contribution < -0.4 is 15.8 Å². The summed E-state index contributed by atoms with van der Waals surface area (Å²) in [5.74, 6) is 0. The van der Waals surface area contributed by atoms with Crippen LogP contribution in [0.1, 0.15) is 12.0 Å². The molecule has 0 fully saturated rings. The third-order valence-electron chi connectivity index (χ3n) is 3.89. The van der Waals surface area contributed by atoms with Crippen molar-refractivity contribution in [2.75, 3.05) is 18.5 Å². The Kier molecular flexibility index (Phi) is 4.99. The molecular formula is C18H21ClN3+. The van der Waals surface area contributed by atoms with Crippen molar-refractivity contribution in [3.05, 3.63) is 77.0 Å². The molecule has 2 aromatic carbocycles. The molecule has 1 aliphatic heterocycles. The van der Waals surface area contributed by atoms with Gasteiger partial charge in [-0.15, -0.1) is 0 Å². The maximum Gasteiger partial charge on any atom is 0.103 e. The molecule has 1 aliphatic rings. The molecule has 3 rings (SSSR count). The van der Waals surface area contributed by atoms with E-state index in [0.717, 1.165) is 36.8 Å². The lowest BCUT2D eigenvalue weighted by Gasteiger charge is -2.24. The van der Waals surface area contributed by atoms with Gasteiger partial charge in [0, 0.05) is 22.7 Å². The molecule has 22 heavy (non-hydrogen) atoms. The molecule has 1 atom stereocenters. The Morgan fingerprint density at radius 3 is 2.41 bits per heavy atom. The lowest BCUT2D eigenvalue weighted by atomic mass is 10.1. The highest BCUT2D eigenvalue weighted by Gasteiger charge is 2.14. The number of anilines is 1. The summed E-state index contributed by atoms with van der Waals surface area (Å²) in [4.78, 5) is 1.60. The van der Waals surface area contributed by atoms with E-state index in [1.54, 1.807) is 4.90 Å². The summed E-state index contributed by atoms with van der Waals surface area (Å²) in [6.07, 6.45) is 3.34. The number of hydrogen-bond donors (Lipinski definition) is 3. The Hall–Kier alpha value is -1.97. The van der Waals surface area contributed by atoms with Crippen LogP contribution in [0.2, 0.25) is 5.02 Å². The molecule has 1 unspecified atom stereocenters. The number of halogens is 1. The Morgan fingerprint density at radius 2 is 1.73 bits per heavy atom. The molecule has 3 N–H and O–H groups in total. The van der Waals surface area contributed by atoms with Crippen LogP contribution in [0.25, 0.3) is 0 Å². The topological polar surface area (TPSA) is 28.5 Å². The highest BCUT2D eigenvalue weighted by Crippen LogP contribution is 2.13. The standard InChI is InChI=1S/C18H20ClN3/c19-16-6-8-17(9-7-16)20-21-18-10-12-22(13-11-18)14-15-4-2-1-3-5-15/h1-10,20-21H,11-14H2/p+1. The molecule has 0 radical (unpaired) electrons. The van der Waals surface area contributed by atoms with Crippen molar-refractivity contribution in [2.24, 2.45) is 0 Å². The van der Waals surface area contributed by atoms with Crippen LogP contribution in [0.15, 0.2) is 66.4 Å². The first-order valence-electron chi connectivity index (χ1n) is 7.64. The Balaban J connectivity index is 1.48. The Labute approximate surface area is 136 Å². The SMILES string of the molecule is Clc1ccc(NNC2=CC[NH+](Cc3ccccc3)CC2)cc1. The number of hydrazine groups is 1. The second-order valence-corrected chi connectivity index (χ2v) is 6.04. The molecule has 114 valence electrons. The van der Waals surface area contributed by atoms with Crippen LogP contribution in [0.3, 0.4) is 0 Å². The van der Waals surface area contributed by atoms with Crippen LogP contribution >= 0.6 is 11.6 Å². The van der Waals surface area contributed by atoms with E-state index in [-0.39, 0.29) is 0 Å². The average Bonchev–Trinajstić information content (AvgIpc) is 2.57.